The van der Waals surface area contributed by atoms with Crippen LogP contribution in [-0.2, 0) is 20.7 Å². The molecular formula is C13H19N3O4. The largest absolute Gasteiger partial charge is 0.467 e. The number of hydrogen-bond donors (Lipinski definition) is 1. The Morgan fingerprint density at radius 2 is 2.10 bits per heavy atom. The molecule has 1 aromatic heterocycles. The van der Waals surface area contributed by atoms with Gasteiger partial charge in [0.15, 0.2) is 0 Å². The fraction of sp³-hybridized carbons (Fsp3) is 0.538. The molecule has 0 unspecified atom stereocenters. The molecule has 1 rings (SSSR count). The number of amides is 1. The Bertz CT molecular complexity index is 456. The molecule has 110 valence electrons. The lowest BCUT2D eigenvalue weighted by molar-refractivity contribution is -0.143. The summed E-state index contributed by atoms with van der Waals surface area (Å²) in [4.78, 5) is 23.4. The number of carbonyl (C=O) groups excluding carboxylic acids is 2. The molecule has 1 amide bonds. The van der Waals surface area contributed by atoms with Crippen molar-refractivity contribution in [3.05, 3.63) is 24.0 Å². The van der Waals surface area contributed by atoms with Crippen molar-refractivity contribution >= 4 is 12.1 Å². The maximum Gasteiger partial charge on any atom is 0.408 e. The average Bonchev–Trinajstić information content (AvgIpc) is 2.36. The van der Waals surface area contributed by atoms with Gasteiger partial charge in [-0.2, -0.15) is 10.2 Å². The Labute approximate surface area is 117 Å². The van der Waals surface area contributed by atoms with Crippen molar-refractivity contribution in [2.75, 3.05) is 7.11 Å². The summed E-state index contributed by atoms with van der Waals surface area (Å²) in [7, 11) is 1.25. The molecule has 0 spiro atoms. The number of hydrogen-bond acceptors (Lipinski definition) is 6. The number of esters is 1. The molecule has 1 aromatic rings. The van der Waals surface area contributed by atoms with E-state index in [2.05, 4.69) is 20.3 Å². The predicted molar refractivity (Wildman–Crippen MR) is 70.9 cm³/mol. The maximum absolute atomic E-state index is 11.7. The molecule has 1 heterocycles. The van der Waals surface area contributed by atoms with Crippen molar-refractivity contribution in [1.82, 2.24) is 15.5 Å². The van der Waals surface area contributed by atoms with Crippen molar-refractivity contribution in [1.29, 1.82) is 0 Å². The Kier molecular flexibility index (Phi) is 5.42. The highest BCUT2D eigenvalue weighted by Gasteiger charge is 2.25. The van der Waals surface area contributed by atoms with Gasteiger partial charge >= 0.3 is 12.1 Å². The highest BCUT2D eigenvalue weighted by atomic mass is 16.6. The predicted octanol–water partition coefficient (Wildman–Crippen LogP) is 1.09. The van der Waals surface area contributed by atoms with Crippen LogP contribution in [0.1, 0.15) is 26.5 Å². The molecule has 0 aliphatic heterocycles. The minimum Gasteiger partial charge on any atom is -0.467 e. The first-order valence-electron chi connectivity index (χ1n) is 6.16. The normalized spacial score (nSPS) is 12.4. The van der Waals surface area contributed by atoms with E-state index in [4.69, 9.17) is 4.74 Å². The van der Waals surface area contributed by atoms with Crippen molar-refractivity contribution in [3.63, 3.8) is 0 Å². The summed E-state index contributed by atoms with van der Waals surface area (Å²) in [5, 5.41) is 10.1. The van der Waals surface area contributed by atoms with E-state index < -0.39 is 23.7 Å². The summed E-state index contributed by atoms with van der Waals surface area (Å²) in [5.41, 5.74) is -0.0731. The first-order chi connectivity index (χ1) is 9.31. The number of alkyl carbamates (subject to hydrolysis) is 1. The van der Waals surface area contributed by atoms with E-state index in [0.717, 1.165) is 0 Å². The van der Waals surface area contributed by atoms with Gasteiger partial charge in [0, 0.05) is 12.6 Å². The second-order valence-electron chi connectivity index (χ2n) is 5.14. The van der Waals surface area contributed by atoms with Crippen molar-refractivity contribution in [2.45, 2.75) is 38.8 Å². The van der Waals surface area contributed by atoms with E-state index in [-0.39, 0.29) is 6.42 Å². The number of carbonyl (C=O) groups is 2. The Balaban J connectivity index is 2.70. The summed E-state index contributed by atoms with van der Waals surface area (Å²) in [5.74, 6) is -0.568. The van der Waals surface area contributed by atoms with Crippen LogP contribution in [0.5, 0.6) is 0 Å². The molecule has 7 nitrogen and oxygen atoms in total. The number of nitrogens with zero attached hydrogens (tertiary/aromatic N) is 2. The highest BCUT2D eigenvalue weighted by molar-refractivity contribution is 5.81. The molecule has 7 heteroatoms. The molecule has 0 fully saturated rings. The molecule has 0 saturated carbocycles. The van der Waals surface area contributed by atoms with E-state index in [1.54, 1.807) is 32.9 Å². The lowest BCUT2D eigenvalue weighted by atomic mass is 10.1. The average molecular weight is 281 g/mol. The fourth-order valence-corrected chi connectivity index (χ4v) is 1.44. The maximum atomic E-state index is 11.7. The van der Waals surface area contributed by atoms with Gasteiger partial charge in [0.1, 0.15) is 11.6 Å². The van der Waals surface area contributed by atoms with Gasteiger partial charge in [-0.05, 0) is 32.9 Å². The van der Waals surface area contributed by atoms with E-state index >= 15 is 0 Å². The van der Waals surface area contributed by atoms with Gasteiger partial charge in [-0.15, -0.1) is 0 Å². The van der Waals surface area contributed by atoms with Crippen LogP contribution < -0.4 is 5.32 Å². The van der Waals surface area contributed by atoms with Crippen LogP contribution in [0.25, 0.3) is 0 Å². The van der Waals surface area contributed by atoms with Gasteiger partial charge in [-0.3, -0.25) is 0 Å². The summed E-state index contributed by atoms with van der Waals surface area (Å²) >= 11 is 0. The van der Waals surface area contributed by atoms with Crippen LogP contribution in [-0.4, -0.2) is 41.0 Å². The number of rotatable bonds is 4. The van der Waals surface area contributed by atoms with Crippen molar-refractivity contribution < 1.29 is 19.1 Å². The molecule has 0 bridgehead atoms. The smallest absolute Gasteiger partial charge is 0.408 e. The van der Waals surface area contributed by atoms with E-state index in [0.29, 0.717) is 5.69 Å². The molecular weight excluding hydrogens is 262 g/mol. The summed E-state index contributed by atoms with van der Waals surface area (Å²) in [6.07, 6.45) is 1.02. The van der Waals surface area contributed by atoms with E-state index in [1.165, 1.54) is 13.3 Å². The SMILES string of the molecule is COC(=O)[C@@H](Cc1cccnn1)NC(=O)OC(C)(C)C. The molecule has 0 aliphatic carbocycles. The zero-order valence-corrected chi connectivity index (χ0v) is 12.0. The fourth-order valence-electron chi connectivity index (χ4n) is 1.44. The van der Waals surface area contributed by atoms with Crippen LogP contribution >= 0.6 is 0 Å². The van der Waals surface area contributed by atoms with Gasteiger partial charge in [0.25, 0.3) is 0 Å². The third kappa shape index (κ3) is 5.64. The monoisotopic (exact) mass is 281 g/mol. The van der Waals surface area contributed by atoms with Crippen molar-refractivity contribution in [2.24, 2.45) is 0 Å². The zero-order valence-electron chi connectivity index (χ0n) is 12.0. The lowest BCUT2D eigenvalue weighted by Crippen LogP contribution is -2.45. The van der Waals surface area contributed by atoms with Crippen LogP contribution in [0.15, 0.2) is 18.3 Å². The number of methoxy groups -OCH3 is 1. The summed E-state index contributed by atoms with van der Waals surface area (Å²) < 4.78 is 9.76. The molecule has 20 heavy (non-hydrogen) atoms. The Hall–Kier alpha value is -2.18. The van der Waals surface area contributed by atoms with Gasteiger partial charge in [0.2, 0.25) is 0 Å². The highest BCUT2D eigenvalue weighted by Crippen LogP contribution is 2.08. The van der Waals surface area contributed by atoms with Crippen LogP contribution in [0.2, 0.25) is 0 Å². The molecule has 1 N–H and O–H groups in total. The molecule has 1 atom stereocenters. The molecule has 0 saturated heterocycles. The van der Waals surface area contributed by atoms with Gasteiger partial charge in [-0.1, -0.05) is 0 Å². The first kappa shape index (κ1) is 15.9. The van der Waals surface area contributed by atoms with Crippen LogP contribution in [0.3, 0.4) is 0 Å². The molecule has 0 aliphatic rings. The Morgan fingerprint density at radius 3 is 2.60 bits per heavy atom. The summed E-state index contributed by atoms with van der Waals surface area (Å²) in [6, 6.07) is 2.54. The van der Waals surface area contributed by atoms with Crippen LogP contribution in [0, 0.1) is 0 Å². The van der Waals surface area contributed by atoms with Gasteiger partial charge in [0.05, 0.1) is 12.8 Å². The van der Waals surface area contributed by atoms with Crippen LogP contribution in [0.4, 0.5) is 4.79 Å². The third-order valence-corrected chi connectivity index (χ3v) is 2.22. The Morgan fingerprint density at radius 1 is 1.40 bits per heavy atom. The third-order valence-electron chi connectivity index (χ3n) is 2.22. The number of nitrogens with one attached hydrogen (secondary N) is 1. The zero-order chi connectivity index (χ0) is 15.2. The standard InChI is InChI=1S/C13H19N3O4/c1-13(2,3)20-12(18)15-10(11(17)19-4)8-9-6-5-7-14-16-9/h5-7,10H,8H2,1-4H3,(H,15,18)/t10-/m1/s1. The minimum atomic E-state index is -0.869. The van der Waals surface area contributed by atoms with Gasteiger partial charge < -0.3 is 14.8 Å². The first-order valence-corrected chi connectivity index (χ1v) is 6.16. The second-order valence-corrected chi connectivity index (χ2v) is 5.14. The lowest BCUT2D eigenvalue weighted by Gasteiger charge is -2.22. The second kappa shape index (κ2) is 6.83. The van der Waals surface area contributed by atoms with Crippen molar-refractivity contribution in [3.8, 4) is 0 Å². The van der Waals surface area contributed by atoms with E-state index in [1.807, 2.05) is 0 Å². The number of aromatic nitrogens is 2. The minimum absolute atomic E-state index is 0.180. The molecule has 0 radical (unpaired) electrons. The van der Waals surface area contributed by atoms with Gasteiger partial charge in [-0.25, -0.2) is 9.59 Å². The molecule has 0 aromatic carbocycles. The summed E-state index contributed by atoms with van der Waals surface area (Å²) in [6.45, 7) is 5.22. The van der Waals surface area contributed by atoms with E-state index in [9.17, 15) is 9.59 Å². The number of ether oxygens (including phenoxy) is 2. The topological polar surface area (TPSA) is 90.4 Å². The quantitative estimate of drug-likeness (QED) is 0.831.